The molecule has 1 atom stereocenters. The molecule has 128 valence electrons. The SMILES string of the molecule is CC(CCO)CC(C)(C)CCCCCCCCCCCO. The van der Waals surface area contributed by atoms with Crippen LogP contribution in [0.5, 0.6) is 0 Å². The normalized spacial score (nSPS) is 13.6. The standard InChI is InChI=1S/C19H40O2/c1-18(13-16-21)17-19(2,3)14-11-9-7-5-4-6-8-10-12-15-20/h18,20-21H,4-17H2,1-3H3. The van der Waals surface area contributed by atoms with Crippen LogP contribution >= 0.6 is 0 Å². The molecule has 0 heterocycles. The van der Waals surface area contributed by atoms with Gasteiger partial charge in [0.2, 0.25) is 0 Å². The first-order valence-corrected chi connectivity index (χ1v) is 9.23. The van der Waals surface area contributed by atoms with E-state index in [-0.39, 0.29) is 0 Å². The molecule has 0 aliphatic carbocycles. The Labute approximate surface area is 133 Å². The summed E-state index contributed by atoms with van der Waals surface area (Å²) < 4.78 is 0. The monoisotopic (exact) mass is 300 g/mol. The molecule has 1 unspecified atom stereocenters. The Balaban J connectivity index is 3.40. The summed E-state index contributed by atoms with van der Waals surface area (Å²) in [5.41, 5.74) is 0.429. The molecule has 2 nitrogen and oxygen atoms in total. The van der Waals surface area contributed by atoms with Gasteiger partial charge in [-0.3, -0.25) is 0 Å². The molecule has 0 rings (SSSR count). The van der Waals surface area contributed by atoms with Gasteiger partial charge in [-0.05, 0) is 37.0 Å². The molecule has 0 radical (unpaired) electrons. The molecule has 0 aliphatic rings. The first-order chi connectivity index (χ1) is 10.0. The Morgan fingerprint density at radius 2 is 1.19 bits per heavy atom. The Morgan fingerprint density at radius 1 is 0.714 bits per heavy atom. The predicted octanol–water partition coefficient (Wildman–Crippen LogP) is 5.31. The van der Waals surface area contributed by atoms with Crippen molar-refractivity contribution in [2.75, 3.05) is 13.2 Å². The second kappa shape index (κ2) is 13.6. The van der Waals surface area contributed by atoms with Gasteiger partial charge in [0.15, 0.2) is 0 Å². The van der Waals surface area contributed by atoms with Crippen molar-refractivity contribution in [1.29, 1.82) is 0 Å². The lowest BCUT2D eigenvalue weighted by Gasteiger charge is -2.28. The zero-order chi connectivity index (χ0) is 16.0. The Morgan fingerprint density at radius 3 is 1.67 bits per heavy atom. The van der Waals surface area contributed by atoms with Crippen LogP contribution in [0.25, 0.3) is 0 Å². The predicted molar refractivity (Wildman–Crippen MR) is 92.5 cm³/mol. The van der Waals surface area contributed by atoms with Gasteiger partial charge in [0.05, 0.1) is 0 Å². The molecule has 0 spiro atoms. The molecule has 2 heteroatoms. The minimum Gasteiger partial charge on any atom is -0.396 e. The second-order valence-corrected chi connectivity index (χ2v) is 7.64. The summed E-state index contributed by atoms with van der Waals surface area (Å²) >= 11 is 0. The van der Waals surface area contributed by atoms with Gasteiger partial charge in [-0.25, -0.2) is 0 Å². The van der Waals surface area contributed by atoms with Crippen molar-refractivity contribution >= 4 is 0 Å². The van der Waals surface area contributed by atoms with E-state index in [1.54, 1.807) is 0 Å². The van der Waals surface area contributed by atoms with Crippen LogP contribution in [-0.4, -0.2) is 23.4 Å². The van der Waals surface area contributed by atoms with Crippen molar-refractivity contribution < 1.29 is 10.2 Å². The summed E-state index contributed by atoms with van der Waals surface area (Å²) in [6.45, 7) is 7.70. The quantitative estimate of drug-likeness (QED) is 0.402. The van der Waals surface area contributed by atoms with Crippen LogP contribution in [0.2, 0.25) is 0 Å². The molecule has 0 amide bonds. The van der Waals surface area contributed by atoms with Crippen LogP contribution in [0, 0.1) is 11.3 Å². The van der Waals surface area contributed by atoms with Crippen molar-refractivity contribution in [3.05, 3.63) is 0 Å². The number of aliphatic hydroxyl groups excluding tert-OH is 2. The highest BCUT2D eigenvalue weighted by Crippen LogP contribution is 2.32. The van der Waals surface area contributed by atoms with Crippen LogP contribution in [0.15, 0.2) is 0 Å². The van der Waals surface area contributed by atoms with E-state index in [2.05, 4.69) is 20.8 Å². The fraction of sp³-hybridized carbons (Fsp3) is 1.00. The number of rotatable bonds is 15. The molecule has 0 fully saturated rings. The van der Waals surface area contributed by atoms with Gasteiger partial charge in [0.25, 0.3) is 0 Å². The largest absolute Gasteiger partial charge is 0.396 e. The summed E-state index contributed by atoms with van der Waals surface area (Å²) in [5.74, 6) is 0.643. The number of hydrogen-bond acceptors (Lipinski definition) is 2. The van der Waals surface area contributed by atoms with Crippen LogP contribution < -0.4 is 0 Å². The molecule has 0 saturated heterocycles. The molecule has 0 aromatic heterocycles. The van der Waals surface area contributed by atoms with Crippen molar-refractivity contribution in [1.82, 2.24) is 0 Å². The molecule has 0 bridgehead atoms. The van der Waals surface area contributed by atoms with Crippen molar-refractivity contribution in [2.45, 2.75) is 97.8 Å². The minimum absolute atomic E-state index is 0.329. The van der Waals surface area contributed by atoms with Crippen LogP contribution in [0.4, 0.5) is 0 Å². The maximum absolute atomic E-state index is 8.99. The van der Waals surface area contributed by atoms with Crippen molar-refractivity contribution in [3.63, 3.8) is 0 Å². The lowest BCUT2D eigenvalue weighted by Crippen LogP contribution is -2.16. The number of hydrogen-bond donors (Lipinski definition) is 2. The van der Waals surface area contributed by atoms with Gasteiger partial charge in [-0.1, -0.05) is 72.1 Å². The molecule has 0 saturated carbocycles. The fourth-order valence-corrected chi connectivity index (χ4v) is 3.32. The first kappa shape index (κ1) is 20.9. The maximum Gasteiger partial charge on any atom is 0.0433 e. The van der Waals surface area contributed by atoms with Crippen molar-refractivity contribution in [3.8, 4) is 0 Å². The van der Waals surface area contributed by atoms with E-state index in [1.807, 2.05) is 0 Å². The van der Waals surface area contributed by atoms with Crippen LogP contribution in [0.1, 0.15) is 97.8 Å². The molecule has 0 aromatic rings. The zero-order valence-corrected chi connectivity index (χ0v) is 14.9. The summed E-state index contributed by atoms with van der Waals surface area (Å²) in [6.07, 6.45) is 15.1. The van der Waals surface area contributed by atoms with Crippen LogP contribution in [-0.2, 0) is 0 Å². The topological polar surface area (TPSA) is 40.5 Å². The number of aliphatic hydroxyl groups is 2. The van der Waals surface area contributed by atoms with Gasteiger partial charge in [-0.2, -0.15) is 0 Å². The Bertz CT molecular complexity index is 214. The van der Waals surface area contributed by atoms with E-state index in [4.69, 9.17) is 10.2 Å². The molecule has 2 N–H and O–H groups in total. The zero-order valence-electron chi connectivity index (χ0n) is 14.9. The van der Waals surface area contributed by atoms with E-state index in [9.17, 15) is 0 Å². The van der Waals surface area contributed by atoms with Gasteiger partial charge in [0, 0.05) is 13.2 Å². The van der Waals surface area contributed by atoms with Gasteiger partial charge in [0.1, 0.15) is 0 Å². The minimum atomic E-state index is 0.329. The molecule has 21 heavy (non-hydrogen) atoms. The second-order valence-electron chi connectivity index (χ2n) is 7.64. The van der Waals surface area contributed by atoms with E-state index in [0.29, 0.717) is 24.5 Å². The lowest BCUT2D eigenvalue weighted by atomic mass is 9.78. The van der Waals surface area contributed by atoms with E-state index < -0.39 is 0 Å². The molecular weight excluding hydrogens is 260 g/mol. The van der Waals surface area contributed by atoms with Gasteiger partial charge in [-0.15, -0.1) is 0 Å². The highest BCUT2D eigenvalue weighted by atomic mass is 16.3. The van der Waals surface area contributed by atoms with E-state index in [0.717, 1.165) is 12.8 Å². The van der Waals surface area contributed by atoms with E-state index in [1.165, 1.54) is 64.2 Å². The third kappa shape index (κ3) is 14.6. The highest BCUT2D eigenvalue weighted by Gasteiger charge is 2.20. The fourth-order valence-electron chi connectivity index (χ4n) is 3.32. The van der Waals surface area contributed by atoms with Crippen LogP contribution in [0.3, 0.4) is 0 Å². The Kier molecular flexibility index (Phi) is 13.5. The highest BCUT2D eigenvalue weighted by molar-refractivity contribution is 4.72. The summed E-state index contributed by atoms with van der Waals surface area (Å²) in [4.78, 5) is 0. The lowest BCUT2D eigenvalue weighted by molar-refractivity contribution is 0.204. The molecule has 0 aliphatic heterocycles. The third-order valence-electron chi connectivity index (χ3n) is 4.53. The smallest absolute Gasteiger partial charge is 0.0433 e. The average molecular weight is 301 g/mol. The summed E-state index contributed by atoms with van der Waals surface area (Å²) in [6, 6.07) is 0. The third-order valence-corrected chi connectivity index (χ3v) is 4.53. The number of unbranched alkanes of at least 4 members (excludes halogenated alkanes) is 8. The van der Waals surface area contributed by atoms with E-state index >= 15 is 0 Å². The Hall–Kier alpha value is -0.0800. The van der Waals surface area contributed by atoms with Crippen molar-refractivity contribution in [2.24, 2.45) is 11.3 Å². The average Bonchev–Trinajstić information content (AvgIpc) is 2.40. The molecular formula is C19H40O2. The maximum atomic E-state index is 8.99. The first-order valence-electron chi connectivity index (χ1n) is 9.23. The summed E-state index contributed by atoms with van der Waals surface area (Å²) in [5, 5.41) is 17.7. The van der Waals surface area contributed by atoms with Gasteiger partial charge >= 0.3 is 0 Å². The molecule has 0 aromatic carbocycles. The summed E-state index contributed by atoms with van der Waals surface area (Å²) in [7, 11) is 0. The van der Waals surface area contributed by atoms with Gasteiger partial charge < -0.3 is 10.2 Å².